The number of hydrogen-bond donors (Lipinski definition) is 0. The van der Waals surface area contributed by atoms with Crippen molar-refractivity contribution in [3.8, 4) is 11.3 Å². The number of amides is 1. The number of piperidine rings is 1. The molecule has 6 heteroatoms. The molecule has 0 aliphatic carbocycles. The largest absolute Gasteiger partial charge is 0.341 e. The van der Waals surface area contributed by atoms with Crippen LogP contribution in [0.25, 0.3) is 11.3 Å². The van der Waals surface area contributed by atoms with E-state index in [-0.39, 0.29) is 17.6 Å². The highest BCUT2D eigenvalue weighted by Crippen LogP contribution is 2.32. The maximum Gasteiger partial charge on any atom is 0.236 e. The summed E-state index contributed by atoms with van der Waals surface area (Å²) in [5.74, 6) is 0.0567. The molecule has 5 nitrogen and oxygen atoms in total. The predicted molar refractivity (Wildman–Crippen MR) is 102 cm³/mol. The molecule has 0 spiro atoms. The van der Waals surface area contributed by atoms with Gasteiger partial charge in [0.1, 0.15) is 5.82 Å². The summed E-state index contributed by atoms with van der Waals surface area (Å²) in [6.07, 6.45) is 7.62. The average Bonchev–Trinajstić information content (AvgIpc) is 3.21. The number of carbonyl (C=O) groups is 1. The third-order valence-corrected chi connectivity index (χ3v) is 5.54. The van der Waals surface area contributed by atoms with Crippen LogP contribution in [-0.2, 0) is 4.79 Å². The molecule has 1 amide bonds. The van der Waals surface area contributed by atoms with Crippen LogP contribution in [0, 0.1) is 5.82 Å². The Kier molecular flexibility index (Phi) is 5.43. The summed E-state index contributed by atoms with van der Waals surface area (Å²) in [7, 11) is 0. The van der Waals surface area contributed by atoms with Gasteiger partial charge in [-0.1, -0.05) is 12.1 Å². The molecule has 2 aromatic rings. The molecular weight excluding hydrogens is 343 g/mol. The van der Waals surface area contributed by atoms with Gasteiger partial charge < -0.3 is 4.90 Å². The Labute approximate surface area is 159 Å². The van der Waals surface area contributed by atoms with Gasteiger partial charge in [-0.05, 0) is 50.9 Å². The minimum Gasteiger partial charge on any atom is -0.341 e. The normalized spacial score (nSPS) is 20.8. The van der Waals surface area contributed by atoms with E-state index in [1.807, 2.05) is 11.0 Å². The molecule has 1 aromatic carbocycles. The molecule has 142 valence electrons. The van der Waals surface area contributed by atoms with E-state index in [1.165, 1.54) is 25.0 Å². The zero-order valence-corrected chi connectivity index (χ0v) is 15.5. The van der Waals surface area contributed by atoms with Gasteiger partial charge in [-0.2, -0.15) is 0 Å². The van der Waals surface area contributed by atoms with Crippen molar-refractivity contribution in [3.05, 3.63) is 48.2 Å². The first kappa shape index (κ1) is 18.0. The molecule has 2 fully saturated rings. The van der Waals surface area contributed by atoms with Crippen molar-refractivity contribution in [2.24, 2.45) is 0 Å². The second kappa shape index (κ2) is 8.13. The highest BCUT2D eigenvalue weighted by atomic mass is 19.1. The first-order valence-electron chi connectivity index (χ1n) is 9.77. The van der Waals surface area contributed by atoms with E-state index in [2.05, 4.69) is 14.9 Å². The van der Waals surface area contributed by atoms with E-state index in [9.17, 15) is 9.18 Å². The monoisotopic (exact) mass is 368 g/mol. The van der Waals surface area contributed by atoms with Crippen LogP contribution in [-0.4, -0.2) is 58.4 Å². The van der Waals surface area contributed by atoms with Gasteiger partial charge in [0.05, 0.1) is 17.9 Å². The lowest BCUT2D eigenvalue weighted by Gasteiger charge is -2.34. The number of nitrogens with zero attached hydrogens (tertiary/aromatic N) is 4. The average molecular weight is 368 g/mol. The lowest BCUT2D eigenvalue weighted by molar-refractivity contribution is -0.133. The Balaban J connectivity index is 1.52. The third kappa shape index (κ3) is 4.16. The van der Waals surface area contributed by atoms with Gasteiger partial charge in [0.2, 0.25) is 5.91 Å². The molecular formula is C21H25FN4O. The number of carbonyl (C=O) groups excluding carboxylic acids is 1. The SMILES string of the molecule is O=C(CN1CCCC1)N1CCC[C@@H](c2nccnc2-c2cccc(F)c2)C1. The zero-order chi connectivity index (χ0) is 18.6. The van der Waals surface area contributed by atoms with Gasteiger partial charge in [0, 0.05) is 37.0 Å². The van der Waals surface area contributed by atoms with Gasteiger partial charge in [-0.25, -0.2) is 4.39 Å². The summed E-state index contributed by atoms with van der Waals surface area (Å²) in [4.78, 5) is 26.0. The molecule has 2 aliphatic heterocycles. The van der Waals surface area contributed by atoms with Gasteiger partial charge in [-0.3, -0.25) is 19.7 Å². The van der Waals surface area contributed by atoms with Crippen LogP contribution < -0.4 is 0 Å². The molecule has 0 N–H and O–H groups in total. The maximum absolute atomic E-state index is 13.7. The van der Waals surface area contributed by atoms with Crippen molar-refractivity contribution in [1.29, 1.82) is 0 Å². The van der Waals surface area contributed by atoms with Crippen LogP contribution in [0.2, 0.25) is 0 Å². The Morgan fingerprint density at radius 2 is 1.93 bits per heavy atom. The lowest BCUT2D eigenvalue weighted by atomic mass is 9.91. The van der Waals surface area contributed by atoms with Crippen molar-refractivity contribution in [2.75, 3.05) is 32.7 Å². The minimum atomic E-state index is -0.282. The summed E-state index contributed by atoms with van der Waals surface area (Å²) in [5.41, 5.74) is 2.32. The van der Waals surface area contributed by atoms with Gasteiger partial charge >= 0.3 is 0 Å². The topological polar surface area (TPSA) is 49.3 Å². The first-order valence-corrected chi connectivity index (χ1v) is 9.77. The Bertz CT molecular complexity index is 806. The fourth-order valence-electron chi connectivity index (χ4n) is 4.16. The van der Waals surface area contributed by atoms with E-state index in [0.29, 0.717) is 13.1 Å². The molecule has 3 heterocycles. The zero-order valence-electron chi connectivity index (χ0n) is 15.5. The molecule has 4 rings (SSSR count). The lowest BCUT2D eigenvalue weighted by Crippen LogP contribution is -2.44. The summed E-state index contributed by atoms with van der Waals surface area (Å²) in [6.45, 7) is 4.03. The number of rotatable bonds is 4. The van der Waals surface area contributed by atoms with E-state index >= 15 is 0 Å². The Hall–Kier alpha value is -2.34. The third-order valence-electron chi connectivity index (χ3n) is 5.54. The smallest absolute Gasteiger partial charge is 0.236 e. The second-order valence-electron chi connectivity index (χ2n) is 7.46. The molecule has 0 radical (unpaired) electrons. The van der Waals surface area contributed by atoms with Crippen molar-refractivity contribution in [3.63, 3.8) is 0 Å². The van der Waals surface area contributed by atoms with Gasteiger partial charge in [-0.15, -0.1) is 0 Å². The molecule has 27 heavy (non-hydrogen) atoms. The molecule has 2 saturated heterocycles. The molecule has 0 bridgehead atoms. The van der Waals surface area contributed by atoms with Crippen molar-refractivity contribution in [1.82, 2.24) is 19.8 Å². The van der Waals surface area contributed by atoms with Gasteiger partial charge in [0.25, 0.3) is 0 Å². The van der Waals surface area contributed by atoms with Crippen LogP contribution in [0.4, 0.5) is 4.39 Å². The van der Waals surface area contributed by atoms with Crippen LogP contribution in [0.5, 0.6) is 0 Å². The number of benzene rings is 1. The standard InChI is InChI=1S/C21H25FN4O/c22-18-7-3-5-16(13-18)20-21(24-9-8-23-20)17-6-4-12-26(14-17)19(27)15-25-10-1-2-11-25/h3,5,7-9,13,17H,1-2,4,6,10-12,14-15H2/t17-/m1/s1. The van der Waals surface area contributed by atoms with Gasteiger partial charge in [0.15, 0.2) is 0 Å². The van der Waals surface area contributed by atoms with E-state index in [4.69, 9.17) is 0 Å². The van der Waals surface area contributed by atoms with E-state index in [0.717, 1.165) is 49.4 Å². The summed E-state index contributed by atoms with van der Waals surface area (Å²) < 4.78 is 13.7. The number of likely N-dealkylation sites (tertiary alicyclic amines) is 2. The number of hydrogen-bond acceptors (Lipinski definition) is 4. The Morgan fingerprint density at radius 3 is 2.74 bits per heavy atom. The summed E-state index contributed by atoms with van der Waals surface area (Å²) >= 11 is 0. The highest BCUT2D eigenvalue weighted by molar-refractivity contribution is 5.78. The van der Waals surface area contributed by atoms with Crippen LogP contribution in [0.1, 0.15) is 37.3 Å². The summed E-state index contributed by atoms with van der Waals surface area (Å²) in [5, 5.41) is 0. The fraction of sp³-hybridized carbons (Fsp3) is 0.476. The van der Waals surface area contributed by atoms with Crippen molar-refractivity contribution >= 4 is 5.91 Å². The number of halogens is 1. The second-order valence-corrected chi connectivity index (χ2v) is 7.46. The molecule has 0 saturated carbocycles. The van der Waals surface area contributed by atoms with Crippen molar-refractivity contribution in [2.45, 2.75) is 31.6 Å². The highest BCUT2D eigenvalue weighted by Gasteiger charge is 2.29. The molecule has 2 aliphatic rings. The predicted octanol–water partition coefficient (Wildman–Crippen LogP) is 3.08. The van der Waals surface area contributed by atoms with Crippen LogP contribution in [0.15, 0.2) is 36.7 Å². The first-order chi connectivity index (χ1) is 13.2. The molecule has 1 atom stereocenters. The van der Waals surface area contributed by atoms with Crippen LogP contribution >= 0.6 is 0 Å². The fourth-order valence-corrected chi connectivity index (χ4v) is 4.16. The van der Waals surface area contributed by atoms with E-state index < -0.39 is 0 Å². The summed E-state index contributed by atoms with van der Waals surface area (Å²) in [6, 6.07) is 6.47. The number of aromatic nitrogens is 2. The molecule has 1 aromatic heterocycles. The van der Waals surface area contributed by atoms with Crippen molar-refractivity contribution < 1.29 is 9.18 Å². The van der Waals surface area contributed by atoms with E-state index in [1.54, 1.807) is 18.5 Å². The minimum absolute atomic E-state index is 0.133. The Morgan fingerprint density at radius 1 is 1.11 bits per heavy atom. The quantitative estimate of drug-likeness (QED) is 0.832. The maximum atomic E-state index is 13.7. The molecule has 0 unspecified atom stereocenters. The van der Waals surface area contributed by atoms with Crippen LogP contribution in [0.3, 0.4) is 0 Å².